The van der Waals surface area contributed by atoms with E-state index in [0.29, 0.717) is 11.4 Å². The summed E-state index contributed by atoms with van der Waals surface area (Å²) in [4.78, 5) is 21.4. The van der Waals surface area contributed by atoms with E-state index in [4.69, 9.17) is 5.73 Å². The largest absolute Gasteiger partial charge is 0.350 e. The molecule has 0 aromatic heterocycles. The van der Waals surface area contributed by atoms with E-state index in [9.17, 15) is 9.59 Å². The molecule has 0 aliphatic rings. The van der Waals surface area contributed by atoms with E-state index < -0.39 is 6.03 Å². The number of hydrogen-bond acceptors (Lipinski definition) is 3. The smallest absolute Gasteiger partial charge is 0.332 e. The van der Waals surface area contributed by atoms with Gasteiger partial charge in [0.25, 0.3) is 0 Å². The first kappa shape index (κ1) is 12.7. The topological polar surface area (TPSA) is 96.6 Å². The van der Waals surface area contributed by atoms with Gasteiger partial charge in [0.05, 0.1) is 5.71 Å². The molecule has 0 bridgehead atoms. The van der Waals surface area contributed by atoms with E-state index in [1.807, 2.05) is 6.07 Å². The molecule has 3 amide bonds. The minimum atomic E-state index is -0.720. The molecule has 0 atom stereocenters. The number of benzene rings is 1. The Balaban J connectivity index is 2.87. The Morgan fingerprint density at radius 3 is 2.59 bits per heavy atom. The van der Waals surface area contributed by atoms with Crippen LogP contribution in [0.3, 0.4) is 0 Å². The molecule has 0 unspecified atom stereocenters. The van der Waals surface area contributed by atoms with Gasteiger partial charge < -0.3 is 11.1 Å². The Morgan fingerprint density at radius 1 is 1.29 bits per heavy atom. The Labute approximate surface area is 98.9 Å². The number of primary amides is 1. The van der Waals surface area contributed by atoms with Crippen molar-refractivity contribution in [2.75, 3.05) is 5.32 Å². The van der Waals surface area contributed by atoms with Crippen LogP contribution < -0.4 is 16.5 Å². The van der Waals surface area contributed by atoms with Gasteiger partial charge in [-0.15, -0.1) is 0 Å². The van der Waals surface area contributed by atoms with Crippen molar-refractivity contribution in [3.05, 3.63) is 29.8 Å². The highest BCUT2D eigenvalue weighted by Gasteiger charge is 2.01. The molecule has 6 nitrogen and oxygen atoms in total. The number of anilines is 1. The lowest BCUT2D eigenvalue weighted by Gasteiger charge is -2.05. The second-order valence-corrected chi connectivity index (χ2v) is 3.44. The first-order valence-corrected chi connectivity index (χ1v) is 4.97. The van der Waals surface area contributed by atoms with E-state index in [2.05, 4.69) is 15.8 Å². The Kier molecular flexibility index (Phi) is 4.21. The molecule has 1 rings (SSSR count). The lowest BCUT2D eigenvalue weighted by Crippen LogP contribution is -2.25. The summed E-state index contributed by atoms with van der Waals surface area (Å²) in [6.45, 7) is 3.16. The summed E-state index contributed by atoms with van der Waals surface area (Å²) in [6.07, 6.45) is 0. The van der Waals surface area contributed by atoms with Crippen molar-refractivity contribution in [3.63, 3.8) is 0 Å². The van der Waals surface area contributed by atoms with Crippen molar-refractivity contribution in [2.45, 2.75) is 13.8 Å². The molecular weight excluding hydrogens is 220 g/mol. The van der Waals surface area contributed by atoms with Crippen LogP contribution in [0.2, 0.25) is 0 Å². The second kappa shape index (κ2) is 5.64. The number of hydrogen-bond donors (Lipinski definition) is 3. The van der Waals surface area contributed by atoms with Crippen LogP contribution >= 0.6 is 0 Å². The zero-order chi connectivity index (χ0) is 12.8. The number of nitrogens with two attached hydrogens (primary N) is 1. The molecule has 0 spiro atoms. The fourth-order valence-electron chi connectivity index (χ4n) is 1.23. The maximum atomic E-state index is 10.9. The normalized spacial score (nSPS) is 10.8. The molecule has 17 heavy (non-hydrogen) atoms. The average Bonchev–Trinajstić information content (AvgIpc) is 2.25. The number of carbonyl (C=O) groups excluding carboxylic acids is 2. The van der Waals surface area contributed by atoms with Crippen LogP contribution in [0.4, 0.5) is 10.5 Å². The third-order valence-corrected chi connectivity index (χ3v) is 1.93. The summed E-state index contributed by atoms with van der Waals surface area (Å²) >= 11 is 0. The Hall–Kier alpha value is -2.37. The molecule has 90 valence electrons. The van der Waals surface area contributed by atoms with Crippen molar-refractivity contribution >= 4 is 23.3 Å². The molecule has 6 heteroatoms. The van der Waals surface area contributed by atoms with Crippen molar-refractivity contribution < 1.29 is 9.59 Å². The van der Waals surface area contributed by atoms with Crippen LogP contribution in [0.15, 0.2) is 29.4 Å². The number of amides is 3. The Morgan fingerprint density at radius 2 is 2.00 bits per heavy atom. The summed E-state index contributed by atoms with van der Waals surface area (Å²) in [5.41, 5.74) is 9.09. The van der Waals surface area contributed by atoms with Crippen LogP contribution in [0.1, 0.15) is 19.4 Å². The highest BCUT2D eigenvalue weighted by Crippen LogP contribution is 2.11. The monoisotopic (exact) mass is 234 g/mol. The van der Waals surface area contributed by atoms with Gasteiger partial charge in [-0.3, -0.25) is 4.79 Å². The highest BCUT2D eigenvalue weighted by atomic mass is 16.2. The quantitative estimate of drug-likeness (QED) is 0.538. The standard InChI is InChI=1S/C11H14N4O2/c1-7(14-15-11(12)17)9-4-3-5-10(6-9)13-8(2)16/h3-6H,1-2H3,(H,13,16)(H3,12,15,17). The van der Waals surface area contributed by atoms with Crippen LogP contribution in [0, 0.1) is 0 Å². The van der Waals surface area contributed by atoms with E-state index in [-0.39, 0.29) is 5.91 Å². The predicted molar refractivity (Wildman–Crippen MR) is 65.7 cm³/mol. The number of rotatable bonds is 3. The first-order valence-electron chi connectivity index (χ1n) is 4.97. The lowest BCUT2D eigenvalue weighted by molar-refractivity contribution is -0.114. The molecule has 0 radical (unpaired) electrons. The molecule has 0 saturated carbocycles. The number of hydrazone groups is 1. The minimum Gasteiger partial charge on any atom is -0.350 e. The summed E-state index contributed by atoms with van der Waals surface area (Å²) in [5, 5.41) is 6.45. The third-order valence-electron chi connectivity index (χ3n) is 1.93. The van der Waals surface area contributed by atoms with Crippen molar-refractivity contribution in [1.29, 1.82) is 0 Å². The zero-order valence-corrected chi connectivity index (χ0v) is 9.65. The number of urea groups is 1. The first-order chi connectivity index (χ1) is 7.99. The van der Waals surface area contributed by atoms with Crippen molar-refractivity contribution in [2.24, 2.45) is 10.8 Å². The van der Waals surface area contributed by atoms with E-state index >= 15 is 0 Å². The van der Waals surface area contributed by atoms with Gasteiger partial charge in [0.1, 0.15) is 0 Å². The van der Waals surface area contributed by atoms with E-state index in [0.717, 1.165) is 5.56 Å². The fraction of sp³-hybridized carbons (Fsp3) is 0.182. The average molecular weight is 234 g/mol. The van der Waals surface area contributed by atoms with Gasteiger partial charge in [0.15, 0.2) is 0 Å². The maximum Gasteiger partial charge on any atom is 0.332 e. The van der Waals surface area contributed by atoms with Gasteiger partial charge in [-0.25, -0.2) is 10.2 Å². The molecule has 1 aromatic carbocycles. The summed E-state index contributed by atoms with van der Waals surface area (Å²) in [7, 11) is 0. The highest BCUT2D eigenvalue weighted by molar-refractivity contribution is 6.00. The SMILES string of the molecule is CC(=O)Nc1cccc(C(C)=NNC(N)=O)c1. The van der Waals surface area contributed by atoms with Gasteiger partial charge in [0.2, 0.25) is 5.91 Å². The molecule has 4 N–H and O–H groups in total. The van der Waals surface area contributed by atoms with Crippen molar-refractivity contribution in [3.8, 4) is 0 Å². The maximum absolute atomic E-state index is 10.9. The predicted octanol–water partition coefficient (Wildman–Crippen LogP) is 1.04. The van der Waals surface area contributed by atoms with Gasteiger partial charge in [-0.1, -0.05) is 12.1 Å². The van der Waals surface area contributed by atoms with E-state index in [1.165, 1.54) is 6.92 Å². The molecule has 0 saturated heterocycles. The van der Waals surface area contributed by atoms with Crippen LogP contribution in [-0.2, 0) is 4.79 Å². The van der Waals surface area contributed by atoms with Crippen LogP contribution in [0.5, 0.6) is 0 Å². The van der Waals surface area contributed by atoms with Crippen LogP contribution in [-0.4, -0.2) is 17.6 Å². The summed E-state index contributed by atoms with van der Waals surface area (Å²) in [5.74, 6) is -0.146. The molecule has 0 fully saturated rings. The van der Waals surface area contributed by atoms with Gasteiger partial charge in [-0.05, 0) is 24.6 Å². The minimum absolute atomic E-state index is 0.146. The fourth-order valence-corrected chi connectivity index (χ4v) is 1.23. The van der Waals surface area contributed by atoms with E-state index in [1.54, 1.807) is 25.1 Å². The number of carbonyl (C=O) groups is 2. The number of nitrogens with zero attached hydrogens (tertiary/aromatic N) is 1. The molecular formula is C11H14N4O2. The third kappa shape index (κ3) is 4.33. The summed E-state index contributed by atoms with van der Waals surface area (Å²) < 4.78 is 0. The Bertz CT molecular complexity index is 468. The molecule has 0 aliphatic carbocycles. The lowest BCUT2D eigenvalue weighted by atomic mass is 10.1. The molecule has 1 aromatic rings. The van der Waals surface area contributed by atoms with Crippen molar-refractivity contribution in [1.82, 2.24) is 5.43 Å². The summed E-state index contributed by atoms with van der Waals surface area (Å²) in [6, 6.07) is 6.39. The zero-order valence-electron chi connectivity index (χ0n) is 9.65. The van der Waals surface area contributed by atoms with Gasteiger partial charge in [-0.2, -0.15) is 5.10 Å². The van der Waals surface area contributed by atoms with Gasteiger partial charge >= 0.3 is 6.03 Å². The number of nitrogens with one attached hydrogen (secondary N) is 2. The van der Waals surface area contributed by atoms with Gasteiger partial charge in [0, 0.05) is 12.6 Å². The molecule has 0 aliphatic heterocycles. The molecule has 0 heterocycles. The second-order valence-electron chi connectivity index (χ2n) is 3.44. The van der Waals surface area contributed by atoms with Crippen LogP contribution in [0.25, 0.3) is 0 Å².